The van der Waals surface area contributed by atoms with Crippen molar-refractivity contribution in [3.63, 3.8) is 0 Å². The van der Waals surface area contributed by atoms with E-state index in [9.17, 15) is 18.5 Å². The Morgan fingerprint density at radius 3 is 2.48 bits per heavy atom. The third kappa shape index (κ3) is 6.63. The molecule has 174 valence electrons. The molecule has 0 aromatic heterocycles. The highest BCUT2D eigenvalue weighted by atomic mass is 32.2. The summed E-state index contributed by atoms with van der Waals surface area (Å²) in [6, 6.07) is 16.3. The summed E-state index contributed by atoms with van der Waals surface area (Å²) in [7, 11) is -3.72. The van der Waals surface area contributed by atoms with Gasteiger partial charge < -0.3 is 10.1 Å². The molecule has 0 saturated heterocycles. The second kappa shape index (κ2) is 10.1. The summed E-state index contributed by atoms with van der Waals surface area (Å²) in [5, 5.41) is 12.2. The summed E-state index contributed by atoms with van der Waals surface area (Å²) in [5.74, 6) is -0.334. The van der Waals surface area contributed by atoms with Crippen molar-refractivity contribution in [1.29, 1.82) is 5.26 Å². The van der Waals surface area contributed by atoms with Crippen molar-refractivity contribution in [1.82, 2.24) is 10.0 Å². The van der Waals surface area contributed by atoms with Crippen LogP contribution in [-0.4, -0.2) is 38.9 Å². The molecule has 0 fully saturated rings. The maximum atomic E-state index is 13.1. The number of amidine groups is 1. The SMILES string of the molecule is CC(C)(C)C[C@H](N=C1NS(=O)(=O)c2ccccc21)C(=O)N[C@H](C#N)COCc1ccccc1. The number of benzene rings is 2. The van der Waals surface area contributed by atoms with Crippen LogP contribution in [0.4, 0.5) is 0 Å². The molecule has 3 rings (SSSR count). The van der Waals surface area contributed by atoms with Crippen LogP contribution in [0, 0.1) is 16.7 Å². The Bertz CT molecular complexity index is 1160. The minimum atomic E-state index is -3.72. The second-order valence-corrected chi connectivity index (χ2v) is 10.7. The van der Waals surface area contributed by atoms with E-state index < -0.39 is 28.0 Å². The van der Waals surface area contributed by atoms with Gasteiger partial charge in [0.15, 0.2) is 0 Å². The molecule has 1 aliphatic rings. The second-order valence-electron chi connectivity index (χ2n) is 9.05. The van der Waals surface area contributed by atoms with E-state index in [1.165, 1.54) is 6.07 Å². The summed E-state index contributed by atoms with van der Waals surface area (Å²) in [6.45, 7) is 6.23. The highest BCUT2D eigenvalue weighted by molar-refractivity contribution is 7.90. The molecule has 2 aromatic rings. The number of hydrogen-bond acceptors (Lipinski definition) is 6. The van der Waals surface area contributed by atoms with Crippen molar-refractivity contribution in [2.75, 3.05) is 6.61 Å². The van der Waals surface area contributed by atoms with Crippen LogP contribution in [0.2, 0.25) is 0 Å². The van der Waals surface area contributed by atoms with Crippen molar-refractivity contribution >= 4 is 21.8 Å². The molecule has 8 nitrogen and oxygen atoms in total. The fourth-order valence-electron chi connectivity index (χ4n) is 3.41. The van der Waals surface area contributed by atoms with Gasteiger partial charge in [-0.15, -0.1) is 0 Å². The van der Waals surface area contributed by atoms with Gasteiger partial charge in [-0.2, -0.15) is 5.26 Å². The number of fused-ring (bicyclic) bond motifs is 1. The first-order valence-electron chi connectivity index (χ1n) is 10.6. The van der Waals surface area contributed by atoms with E-state index >= 15 is 0 Å². The summed E-state index contributed by atoms with van der Waals surface area (Å²) in [6.07, 6.45) is 0.356. The highest BCUT2D eigenvalue weighted by Gasteiger charge is 2.33. The topological polar surface area (TPSA) is 121 Å². The molecule has 0 spiro atoms. The zero-order valence-corrected chi connectivity index (χ0v) is 19.7. The van der Waals surface area contributed by atoms with Crippen LogP contribution in [0.1, 0.15) is 38.3 Å². The first-order chi connectivity index (χ1) is 15.6. The molecule has 0 radical (unpaired) electrons. The predicted octanol–water partition coefficient (Wildman–Crippen LogP) is 2.76. The Morgan fingerprint density at radius 2 is 1.82 bits per heavy atom. The molecular formula is C24H28N4O4S. The van der Waals surface area contributed by atoms with Gasteiger partial charge in [0.2, 0.25) is 5.91 Å². The Balaban J connectivity index is 1.74. The third-order valence-electron chi connectivity index (χ3n) is 4.92. The number of rotatable bonds is 8. The van der Waals surface area contributed by atoms with E-state index in [0.29, 0.717) is 18.6 Å². The van der Waals surface area contributed by atoms with Gasteiger partial charge in [-0.25, -0.2) is 8.42 Å². The highest BCUT2D eigenvalue weighted by Crippen LogP contribution is 2.26. The quantitative estimate of drug-likeness (QED) is 0.617. The van der Waals surface area contributed by atoms with Crippen molar-refractivity contribution in [2.24, 2.45) is 10.4 Å². The van der Waals surface area contributed by atoms with E-state index in [-0.39, 0.29) is 22.8 Å². The molecule has 2 atom stereocenters. The fourth-order valence-corrected chi connectivity index (χ4v) is 4.65. The molecule has 0 saturated carbocycles. The monoisotopic (exact) mass is 468 g/mol. The molecule has 0 unspecified atom stereocenters. The van der Waals surface area contributed by atoms with E-state index in [1.54, 1.807) is 18.2 Å². The molecular weight excluding hydrogens is 440 g/mol. The number of nitrogens with zero attached hydrogens (tertiary/aromatic N) is 2. The van der Waals surface area contributed by atoms with Gasteiger partial charge in [0.1, 0.15) is 17.9 Å². The van der Waals surface area contributed by atoms with Gasteiger partial charge in [0.05, 0.1) is 24.2 Å². The lowest BCUT2D eigenvalue weighted by atomic mass is 9.88. The molecule has 1 heterocycles. The van der Waals surface area contributed by atoms with Crippen LogP contribution < -0.4 is 10.0 Å². The van der Waals surface area contributed by atoms with Crippen LogP contribution in [0.5, 0.6) is 0 Å². The minimum absolute atomic E-state index is 0.0193. The predicted molar refractivity (Wildman–Crippen MR) is 125 cm³/mol. The first-order valence-corrected chi connectivity index (χ1v) is 12.1. The molecule has 0 aliphatic carbocycles. The van der Waals surface area contributed by atoms with Gasteiger partial charge in [-0.1, -0.05) is 63.2 Å². The lowest BCUT2D eigenvalue weighted by Crippen LogP contribution is -2.44. The Morgan fingerprint density at radius 1 is 1.15 bits per heavy atom. The van der Waals surface area contributed by atoms with Crippen molar-refractivity contribution in [3.8, 4) is 6.07 Å². The number of nitrogens with one attached hydrogen (secondary N) is 2. The van der Waals surface area contributed by atoms with Crippen molar-refractivity contribution in [3.05, 3.63) is 65.7 Å². The third-order valence-corrected chi connectivity index (χ3v) is 6.32. The maximum absolute atomic E-state index is 13.1. The van der Waals surface area contributed by atoms with Gasteiger partial charge in [0.25, 0.3) is 10.0 Å². The van der Waals surface area contributed by atoms with Crippen LogP contribution in [-0.2, 0) is 26.2 Å². The average molecular weight is 469 g/mol. The number of amides is 1. The van der Waals surface area contributed by atoms with Crippen molar-refractivity contribution < 1.29 is 17.9 Å². The van der Waals surface area contributed by atoms with Crippen LogP contribution in [0.15, 0.2) is 64.5 Å². The number of nitriles is 1. The maximum Gasteiger partial charge on any atom is 0.263 e. The summed E-state index contributed by atoms with van der Waals surface area (Å²) < 4.78 is 32.9. The lowest BCUT2D eigenvalue weighted by molar-refractivity contribution is -0.123. The minimum Gasteiger partial charge on any atom is -0.374 e. The molecule has 1 amide bonds. The van der Waals surface area contributed by atoms with E-state index in [4.69, 9.17) is 4.74 Å². The van der Waals surface area contributed by atoms with Gasteiger partial charge in [-0.3, -0.25) is 14.5 Å². The van der Waals surface area contributed by atoms with Gasteiger partial charge >= 0.3 is 0 Å². The Hall–Kier alpha value is -3.22. The smallest absolute Gasteiger partial charge is 0.263 e. The molecule has 33 heavy (non-hydrogen) atoms. The lowest BCUT2D eigenvalue weighted by Gasteiger charge is -2.24. The van der Waals surface area contributed by atoms with E-state index in [1.807, 2.05) is 57.2 Å². The summed E-state index contributed by atoms with van der Waals surface area (Å²) >= 11 is 0. The van der Waals surface area contributed by atoms with Crippen molar-refractivity contribution in [2.45, 2.75) is 50.8 Å². The molecule has 2 N–H and O–H groups in total. The number of carbonyl (C=O) groups is 1. The fraction of sp³-hybridized carbons (Fsp3) is 0.375. The van der Waals surface area contributed by atoms with Gasteiger partial charge in [0, 0.05) is 5.56 Å². The number of sulfonamides is 1. The number of hydrogen-bond donors (Lipinski definition) is 2. The zero-order valence-electron chi connectivity index (χ0n) is 18.9. The molecule has 2 aromatic carbocycles. The first kappa shape index (κ1) is 24.4. The Kier molecular flexibility index (Phi) is 7.51. The van der Waals surface area contributed by atoms with Crippen LogP contribution in [0.25, 0.3) is 0 Å². The molecule has 9 heteroatoms. The number of ether oxygens (including phenoxy) is 1. The Labute approximate surface area is 194 Å². The standard InChI is InChI=1S/C24H28N4O4S/c1-24(2,3)13-20(27-22-19-11-7-8-12-21(19)33(30,31)28-22)23(29)26-18(14-25)16-32-15-17-9-5-4-6-10-17/h4-12,18,20H,13,15-16H2,1-3H3,(H,26,29)(H,27,28)/t18-,20+/m1/s1. The normalized spacial score (nSPS) is 17.5. The molecule has 1 aliphatic heterocycles. The van der Waals surface area contributed by atoms with Gasteiger partial charge in [-0.05, 0) is 29.5 Å². The summed E-state index contributed by atoms with van der Waals surface area (Å²) in [4.78, 5) is 17.7. The average Bonchev–Trinajstić information content (AvgIpc) is 3.02. The number of aliphatic imine (C=N–C) groups is 1. The van der Waals surface area contributed by atoms with E-state index in [2.05, 4.69) is 15.0 Å². The number of carbonyl (C=O) groups excluding carboxylic acids is 1. The van der Waals surface area contributed by atoms with E-state index in [0.717, 1.165) is 5.56 Å². The zero-order chi connectivity index (χ0) is 24.1. The van der Waals surface area contributed by atoms with Crippen LogP contribution in [0.3, 0.4) is 0 Å². The summed E-state index contributed by atoms with van der Waals surface area (Å²) in [5.41, 5.74) is 1.12. The largest absolute Gasteiger partial charge is 0.374 e. The van der Waals surface area contributed by atoms with Crippen LogP contribution >= 0.6 is 0 Å². The molecule has 0 bridgehead atoms.